The number of nitro groups is 1. The maximum Gasteiger partial charge on any atom is 0.399 e. The predicted molar refractivity (Wildman–Crippen MR) is 149 cm³/mol. The third kappa shape index (κ3) is 9.02. The van der Waals surface area contributed by atoms with Crippen LogP contribution >= 0.6 is 7.60 Å². The van der Waals surface area contributed by atoms with Gasteiger partial charge in [0.1, 0.15) is 11.9 Å². The average molecular weight is 646 g/mol. The van der Waals surface area contributed by atoms with Crippen molar-refractivity contribution in [2.24, 2.45) is 0 Å². The molecule has 2 aromatic rings. The Kier molecular flexibility index (Phi) is 12.3. The second-order valence-electron chi connectivity index (χ2n) is 9.52. The number of hydrogen-bond donors (Lipinski definition) is 0. The third-order valence-corrected chi connectivity index (χ3v) is 8.41. The number of carbonyl (C=O) groups excluding carboxylic acids is 2. The van der Waals surface area contributed by atoms with E-state index in [-0.39, 0.29) is 31.3 Å². The summed E-state index contributed by atoms with van der Waals surface area (Å²) in [5, 5.41) is 11.1. The van der Waals surface area contributed by atoms with Crippen molar-refractivity contribution >= 4 is 25.2 Å². The Hall–Kier alpha value is -3.49. The molecule has 242 valence electrons. The molecule has 44 heavy (non-hydrogen) atoms. The van der Waals surface area contributed by atoms with Gasteiger partial charge < -0.3 is 32.7 Å². The van der Waals surface area contributed by atoms with Crippen molar-refractivity contribution in [3.8, 4) is 5.75 Å². The van der Waals surface area contributed by atoms with E-state index >= 15 is 8.78 Å². The van der Waals surface area contributed by atoms with E-state index in [4.69, 9.17) is 32.7 Å². The van der Waals surface area contributed by atoms with Gasteiger partial charge in [-0.1, -0.05) is 30.3 Å². The molecule has 0 amide bonds. The molecule has 0 aliphatic carbocycles. The van der Waals surface area contributed by atoms with Crippen LogP contribution in [0.15, 0.2) is 54.6 Å². The summed E-state index contributed by atoms with van der Waals surface area (Å²) in [6.45, 7) is 3.99. The van der Waals surface area contributed by atoms with Crippen LogP contribution in [-0.2, 0) is 48.8 Å². The first-order chi connectivity index (χ1) is 20.8. The molecule has 16 heteroatoms. The number of nitro benzene ring substituents is 1. The first kappa shape index (κ1) is 35.0. The van der Waals surface area contributed by atoms with Crippen LogP contribution in [0.1, 0.15) is 39.7 Å². The van der Waals surface area contributed by atoms with Gasteiger partial charge >= 0.3 is 25.2 Å². The minimum atomic E-state index is -5.06. The van der Waals surface area contributed by atoms with Gasteiger partial charge in [-0.3, -0.25) is 24.3 Å². The number of rotatable bonds is 15. The van der Waals surface area contributed by atoms with Gasteiger partial charge in [-0.2, -0.15) is 8.78 Å². The lowest BCUT2D eigenvalue weighted by atomic mass is 9.95. The van der Waals surface area contributed by atoms with Crippen LogP contribution < -0.4 is 4.74 Å². The number of nitrogens with zero attached hydrogens (tertiary/aromatic N) is 1. The molecule has 1 heterocycles. The first-order valence-electron chi connectivity index (χ1n) is 13.6. The van der Waals surface area contributed by atoms with Crippen molar-refractivity contribution in [3.05, 3.63) is 70.3 Å². The van der Waals surface area contributed by atoms with Crippen molar-refractivity contribution in [2.75, 3.05) is 13.2 Å². The molecule has 0 unspecified atom stereocenters. The molecule has 13 nitrogen and oxygen atoms in total. The third-order valence-electron chi connectivity index (χ3n) is 6.23. The Morgan fingerprint density at radius 2 is 1.50 bits per heavy atom. The lowest BCUT2D eigenvalue weighted by Crippen LogP contribution is -2.63. The Balaban J connectivity index is 2.07. The SMILES string of the molecule is CCOP(=O)(OCC)C(F)(F)C[C@H]1O[C@H](Oc2ccc([N+](=O)[O-])cc2)[C@@H](OCc2ccccc2)[C@@H](OC(C)=O)[C@@H]1OC(C)=O. The second-order valence-corrected chi connectivity index (χ2v) is 11.7. The summed E-state index contributed by atoms with van der Waals surface area (Å²) in [5.74, 6) is -1.77. The molecule has 0 aromatic heterocycles. The van der Waals surface area contributed by atoms with Crippen LogP contribution in [0.25, 0.3) is 0 Å². The lowest BCUT2D eigenvalue weighted by molar-refractivity contribution is -0.384. The predicted octanol–water partition coefficient (Wildman–Crippen LogP) is 5.40. The minimum Gasteiger partial charge on any atom is -0.462 e. The number of carbonyl (C=O) groups is 2. The van der Waals surface area contributed by atoms with Crippen molar-refractivity contribution in [3.63, 3.8) is 0 Å². The highest BCUT2D eigenvalue weighted by atomic mass is 31.2. The number of hydrogen-bond acceptors (Lipinski definition) is 12. The highest BCUT2D eigenvalue weighted by Gasteiger charge is 2.60. The normalized spacial score (nSPS) is 22.2. The van der Waals surface area contributed by atoms with Crippen molar-refractivity contribution in [1.82, 2.24) is 0 Å². The Morgan fingerprint density at radius 3 is 2.02 bits per heavy atom. The zero-order valence-electron chi connectivity index (χ0n) is 24.5. The van der Waals surface area contributed by atoms with Gasteiger partial charge in [0.25, 0.3) is 5.69 Å². The van der Waals surface area contributed by atoms with Crippen LogP contribution in [0.4, 0.5) is 14.5 Å². The molecule has 2 aromatic carbocycles. The van der Waals surface area contributed by atoms with Crippen LogP contribution in [0.3, 0.4) is 0 Å². The van der Waals surface area contributed by atoms with E-state index in [0.717, 1.165) is 26.0 Å². The monoisotopic (exact) mass is 645 g/mol. The van der Waals surface area contributed by atoms with E-state index in [1.165, 1.54) is 26.0 Å². The van der Waals surface area contributed by atoms with Crippen LogP contribution in [-0.4, -0.2) is 66.4 Å². The molecule has 0 N–H and O–H groups in total. The topological polar surface area (TPSA) is 159 Å². The number of ether oxygens (including phenoxy) is 5. The number of non-ortho nitro benzene ring substituents is 1. The molecule has 5 atom stereocenters. The molecule has 1 aliphatic heterocycles. The van der Waals surface area contributed by atoms with E-state index in [9.17, 15) is 24.3 Å². The van der Waals surface area contributed by atoms with Gasteiger partial charge in [-0.05, 0) is 31.5 Å². The zero-order valence-corrected chi connectivity index (χ0v) is 25.4. The lowest BCUT2D eigenvalue weighted by Gasteiger charge is -2.45. The number of benzene rings is 2. The summed E-state index contributed by atoms with van der Waals surface area (Å²) < 4.78 is 83.0. The summed E-state index contributed by atoms with van der Waals surface area (Å²) in [6, 6.07) is 13.5. The van der Waals surface area contributed by atoms with Gasteiger partial charge in [0, 0.05) is 26.0 Å². The first-order valence-corrected chi connectivity index (χ1v) is 15.2. The van der Waals surface area contributed by atoms with E-state index in [1.54, 1.807) is 30.3 Å². The molecule has 0 saturated carbocycles. The van der Waals surface area contributed by atoms with Gasteiger partial charge in [-0.15, -0.1) is 0 Å². The van der Waals surface area contributed by atoms with Gasteiger partial charge in [0.15, 0.2) is 18.3 Å². The summed E-state index contributed by atoms with van der Waals surface area (Å²) in [7, 11) is -5.06. The van der Waals surface area contributed by atoms with Gasteiger partial charge in [0.2, 0.25) is 6.29 Å². The van der Waals surface area contributed by atoms with E-state index in [0.29, 0.717) is 5.56 Å². The Morgan fingerprint density at radius 1 is 0.932 bits per heavy atom. The van der Waals surface area contributed by atoms with Gasteiger partial charge in [0.05, 0.1) is 31.2 Å². The van der Waals surface area contributed by atoms with Crippen molar-refractivity contribution < 1.29 is 60.6 Å². The van der Waals surface area contributed by atoms with Crippen LogP contribution in [0, 0.1) is 10.1 Å². The molecule has 3 rings (SSSR count). The zero-order chi connectivity index (χ0) is 32.5. The molecule has 1 saturated heterocycles. The fourth-order valence-electron chi connectivity index (χ4n) is 4.44. The summed E-state index contributed by atoms with van der Waals surface area (Å²) in [6.07, 6.45) is -9.39. The quantitative estimate of drug-likeness (QED) is 0.105. The highest BCUT2D eigenvalue weighted by Crippen LogP contribution is 2.64. The maximum atomic E-state index is 15.7. The van der Waals surface area contributed by atoms with Crippen molar-refractivity contribution in [2.45, 2.75) is 77.1 Å². The highest BCUT2D eigenvalue weighted by molar-refractivity contribution is 7.55. The molecule has 0 bridgehead atoms. The molecule has 0 spiro atoms. The minimum absolute atomic E-state index is 0.0150. The number of alkyl halides is 2. The number of esters is 2. The summed E-state index contributed by atoms with van der Waals surface area (Å²) in [5.41, 5.74) is -3.74. The van der Waals surface area contributed by atoms with Crippen LogP contribution in [0.5, 0.6) is 5.75 Å². The van der Waals surface area contributed by atoms with Gasteiger partial charge in [-0.25, -0.2) is 0 Å². The second kappa shape index (κ2) is 15.5. The standard InChI is InChI=1S/C28H34F2NO12P/c1-5-38-44(36,39-6-2)28(29,30)16-23-24(40-18(3)32)25(41-19(4)33)26(37-17-20-10-8-7-9-11-20)27(43-23)42-22-14-12-21(13-15-22)31(34)35/h7-15,23-27H,5-6,16-17H2,1-4H3/t23-,24-,25+,26+,27+/m1/s1. The molecular formula is C28H34F2NO12P. The van der Waals surface area contributed by atoms with Crippen molar-refractivity contribution in [1.29, 1.82) is 0 Å². The average Bonchev–Trinajstić information content (AvgIpc) is 2.95. The van der Waals surface area contributed by atoms with E-state index in [2.05, 4.69) is 0 Å². The fraction of sp³-hybridized carbons (Fsp3) is 0.500. The molecule has 0 radical (unpaired) electrons. The smallest absolute Gasteiger partial charge is 0.399 e. The van der Waals surface area contributed by atoms with E-state index in [1.807, 2.05) is 0 Å². The Labute approximate surface area is 252 Å². The largest absolute Gasteiger partial charge is 0.462 e. The fourth-order valence-corrected chi connectivity index (χ4v) is 5.98. The summed E-state index contributed by atoms with van der Waals surface area (Å²) >= 11 is 0. The summed E-state index contributed by atoms with van der Waals surface area (Å²) in [4.78, 5) is 34.9. The Bertz CT molecular complexity index is 1300. The number of halogens is 2. The molecule has 1 fully saturated rings. The van der Waals surface area contributed by atoms with Crippen LogP contribution in [0.2, 0.25) is 0 Å². The maximum absolute atomic E-state index is 15.7. The molecule has 1 aliphatic rings. The van der Waals surface area contributed by atoms with E-state index < -0.39 is 67.2 Å². The molecular weight excluding hydrogens is 611 g/mol.